The van der Waals surface area contributed by atoms with Gasteiger partial charge in [-0.05, 0) is 29.2 Å². The van der Waals surface area contributed by atoms with Crippen LogP contribution < -0.4 is 0 Å². The fourth-order valence-corrected chi connectivity index (χ4v) is 5.03. The van der Waals surface area contributed by atoms with Gasteiger partial charge >= 0.3 is 0 Å². The first-order valence-electron chi connectivity index (χ1n) is 10.9. The Labute approximate surface area is 193 Å². The number of ether oxygens (including phenoxy) is 1. The van der Waals surface area contributed by atoms with E-state index in [0.717, 1.165) is 22.3 Å². The summed E-state index contributed by atoms with van der Waals surface area (Å²) < 4.78 is 29.8. The standard InChI is InChI=1S/C25H28N2O5S/c1-18(29)25-26-12-13-27(25)23(14-28)11-6-19-2-7-21(8-3-19)22-9-4-20(5-10-22)15-32-24-16-33(30,31)17-24/h2-13,18,23-24,28-29H,14-17H2,1H3/b11-6+/t18-,23-/m0/s1. The minimum Gasteiger partial charge on any atom is -0.394 e. The smallest absolute Gasteiger partial charge is 0.155 e. The van der Waals surface area contributed by atoms with Gasteiger partial charge in [0.25, 0.3) is 0 Å². The first-order valence-corrected chi connectivity index (χ1v) is 12.7. The zero-order chi connectivity index (χ0) is 23.4. The zero-order valence-corrected chi connectivity index (χ0v) is 19.2. The van der Waals surface area contributed by atoms with Crippen molar-refractivity contribution in [1.29, 1.82) is 0 Å². The first-order chi connectivity index (χ1) is 15.8. The van der Waals surface area contributed by atoms with E-state index in [1.165, 1.54) is 0 Å². The van der Waals surface area contributed by atoms with Crippen LogP contribution in [0.2, 0.25) is 0 Å². The van der Waals surface area contributed by atoms with Gasteiger partial charge in [0.15, 0.2) is 9.84 Å². The summed E-state index contributed by atoms with van der Waals surface area (Å²) in [5, 5.41) is 19.6. The predicted molar refractivity (Wildman–Crippen MR) is 127 cm³/mol. The van der Waals surface area contributed by atoms with Gasteiger partial charge in [0.05, 0.1) is 36.9 Å². The summed E-state index contributed by atoms with van der Waals surface area (Å²) in [7, 11) is -2.87. The number of benzene rings is 2. The Balaban J connectivity index is 1.37. The van der Waals surface area contributed by atoms with Crippen LogP contribution in [0, 0.1) is 0 Å². The SMILES string of the molecule is C[C@H](O)c1nccn1[C@@H](/C=C/c1ccc(-c2ccc(COC3CS(=O)(=O)C3)cc2)cc1)CO. The van der Waals surface area contributed by atoms with E-state index in [1.54, 1.807) is 23.9 Å². The third-order valence-electron chi connectivity index (χ3n) is 5.69. The minimum absolute atomic E-state index is 0.0999. The lowest BCUT2D eigenvalue weighted by molar-refractivity contribution is 0.0603. The van der Waals surface area contributed by atoms with E-state index in [1.807, 2.05) is 60.7 Å². The lowest BCUT2D eigenvalue weighted by Crippen LogP contribution is -2.43. The highest BCUT2D eigenvalue weighted by Crippen LogP contribution is 2.23. The molecule has 0 bridgehead atoms. The topological polar surface area (TPSA) is 102 Å². The molecule has 33 heavy (non-hydrogen) atoms. The van der Waals surface area contributed by atoms with Crippen LogP contribution in [-0.4, -0.2) is 52.4 Å². The van der Waals surface area contributed by atoms with E-state index in [0.29, 0.717) is 12.4 Å². The number of rotatable bonds is 9. The van der Waals surface area contributed by atoms with Crippen LogP contribution in [0.1, 0.15) is 36.0 Å². The van der Waals surface area contributed by atoms with Gasteiger partial charge in [-0.25, -0.2) is 13.4 Å². The van der Waals surface area contributed by atoms with Crippen LogP contribution in [0.3, 0.4) is 0 Å². The van der Waals surface area contributed by atoms with Gasteiger partial charge < -0.3 is 19.5 Å². The second-order valence-corrected chi connectivity index (χ2v) is 10.5. The van der Waals surface area contributed by atoms with E-state index in [-0.39, 0.29) is 30.3 Å². The Morgan fingerprint density at radius 2 is 1.76 bits per heavy atom. The van der Waals surface area contributed by atoms with Crippen LogP contribution in [0.4, 0.5) is 0 Å². The van der Waals surface area contributed by atoms with Gasteiger partial charge in [-0.3, -0.25) is 0 Å². The minimum atomic E-state index is -2.87. The van der Waals surface area contributed by atoms with Crippen LogP contribution in [0.15, 0.2) is 67.0 Å². The predicted octanol–water partition coefficient (Wildman–Crippen LogP) is 3.16. The fraction of sp³-hybridized carbons (Fsp3) is 0.320. The molecular formula is C25H28N2O5S. The Kier molecular flexibility index (Phi) is 7.09. The molecule has 0 radical (unpaired) electrons. The van der Waals surface area contributed by atoms with Gasteiger partial charge in [-0.1, -0.05) is 60.7 Å². The molecule has 174 valence electrons. The van der Waals surface area contributed by atoms with Gasteiger partial charge in [0.2, 0.25) is 0 Å². The van der Waals surface area contributed by atoms with E-state index in [4.69, 9.17) is 4.74 Å². The first kappa shape index (κ1) is 23.4. The molecule has 8 heteroatoms. The van der Waals surface area contributed by atoms with Crippen molar-refractivity contribution in [3.05, 3.63) is 84.0 Å². The quantitative estimate of drug-likeness (QED) is 0.500. The average Bonchev–Trinajstić information content (AvgIpc) is 3.28. The third kappa shape index (κ3) is 5.78. The normalized spacial score (nSPS) is 17.7. The molecule has 4 rings (SSSR count). The summed E-state index contributed by atoms with van der Waals surface area (Å²) in [4.78, 5) is 4.16. The molecule has 0 saturated carbocycles. The van der Waals surface area contributed by atoms with Gasteiger partial charge in [-0.15, -0.1) is 0 Å². The molecule has 2 N–H and O–H groups in total. The number of aliphatic hydroxyl groups excluding tert-OH is 2. The van der Waals surface area contributed by atoms with Crippen LogP contribution >= 0.6 is 0 Å². The molecule has 1 aliphatic heterocycles. The summed E-state index contributed by atoms with van der Waals surface area (Å²) >= 11 is 0. The maximum absolute atomic E-state index is 11.2. The lowest BCUT2D eigenvalue weighted by Gasteiger charge is -2.25. The second-order valence-electron chi connectivity index (χ2n) is 8.31. The van der Waals surface area contributed by atoms with Gasteiger partial charge in [0.1, 0.15) is 11.9 Å². The molecule has 1 aromatic heterocycles. The van der Waals surface area contributed by atoms with Crippen molar-refractivity contribution in [2.24, 2.45) is 0 Å². The van der Waals surface area contributed by atoms with Crippen molar-refractivity contribution in [2.45, 2.75) is 31.8 Å². The van der Waals surface area contributed by atoms with Crippen molar-refractivity contribution < 1.29 is 23.4 Å². The zero-order valence-electron chi connectivity index (χ0n) is 18.4. The monoisotopic (exact) mass is 468 g/mol. The molecule has 3 aromatic rings. The maximum Gasteiger partial charge on any atom is 0.155 e. The number of hydrogen-bond acceptors (Lipinski definition) is 6. The van der Waals surface area contributed by atoms with Crippen molar-refractivity contribution in [1.82, 2.24) is 9.55 Å². The van der Waals surface area contributed by atoms with E-state index in [9.17, 15) is 18.6 Å². The Morgan fingerprint density at radius 3 is 2.33 bits per heavy atom. The number of aliphatic hydroxyl groups is 2. The van der Waals surface area contributed by atoms with Crippen molar-refractivity contribution in [3.63, 3.8) is 0 Å². The summed E-state index contributed by atoms with van der Waals surface area (Å²) in [6.45, 7) is 1.96. The third-order valence-corrected chi connectivity index (χ3v) is 7.45. The van der Waals surface area contributed by atoms with Crippen molar-refractivity contribution in [2.75, 3.05) is 18.1 Å². The Morgan fingerprint density at radius 1 is 1.12 bits per heavy atom. The van der Waals surface area contributed by atoms with E-state index >= 15 is 0 Å². The van der Waals surface area contributed by atoms with Crippen molar-refractivity contribution in [3.8, 4) is 11.1 Å². The Hall–Kier alpha value is -2.78. The highest BCUT2D eigenvalue weighted by molar-refractivity contribution is 7.92. The highest BCUT2D eigenvalue weighted by Gasteiger charge is 2.33. The molecule has 1 saturated heterocycles. The molecule has 0 aliphatic carbocycles. The molecule has 0 unspecified atom stereocenters. The molecule has 1 aliphatic rings. The summed E-state index contributed by atoms with van der Waals surface area (Å²) in [6, 6.07) is 15.8. The number of aromatic nitrogens is 2. The molecule has 2 heterocycles. The fourth-order valence-electron chi connectivity index (χ4n) is 3.80. The number of sulfone groups is 1. The largest absolute Gasteiger partial charge is 0.394 e. The molecule has 1 fully saturated rings. The van der Waals surface area contributed by atoms with E-state index in [2.05, 4.69) is 4.98 Å². The number of hydrogen-bond donors (Lipinski definition) is 2. The maximum atomic E-state index is 11.2. The van der Waals surface area contributed by atoms with Crippen LogP contribution in [-0.2, 0) is 21.2 Å². The second kappa shape index (κ2) is 10.0. The van der Waals surface area contributed by atoms with Crippen LogP contribution in [0.25, 0.3) is 17.2 Å². The summed E-state index contributed by atoms with van der Waals surface area (Å²) in [5.74, 6) is 0.754. The molecule has 2 atom stereocenters. The molecule has 0 amide bonds. The summed E-state index contributed by atoms with van der Waals surface area (Å²) in [5.41, 5.74) is 4.16. The molecule has 7 nitrogen and oxygen atoms in total. The van der Waals surface area contributed by atoms with Gasteiger partial charge in [-0.2, -0.15) is 0 Å². The van der Waals surface area contributed by atoms with Gasteiger partial charge in [0, 0.05) is 12.4 Å². The Bertz CT molecular complexity index is 1190. The molecular weight excluding hydrogens is 440 g/mol. The molecule has 0 spiro atoms. The van der Waals surface area contributed by atoms with Crippen molar-refractivity contribution >= 4 is 15.9 Å². The lowest BCUT2D eigenvalue weighted by atomic mass is 10.0. The van der Waals surface area contributed by atoms with Crippen LogP contribution in [0.5, 0.6) is 0 Å². The summed E-state index contributed by atoms with van der Waals surface area (Å²) in [6.07, 6.45) is 6.30. The molecule has 2 aromatic carbocycles. The average molecular weight is 469 g/mol. The highest BCUT2D eigenvalue weighted by atomic mass is 32.2. The van der Waals surface area contributed by atoms with E-state index < -0.39 is 15.9 Å². The number of nitrogens with zero attached hydrogens (tertiary/aromatic N) is 2. The number of imidazole rings is 1.